The summed E-state index contributed by atoms with van der Waals surface area (Å²) in [4.78, 5) is 24.3. The Morgan fingerprint density at radius 1 is 1.33 bits per heavy atom. The van der Waals surface area contributed by atoms with Crippen molar-refractivity contribution in [1.29, 1.82) is 0 Å². The predicted octanol–water partition coefficient (Wildman–Crippen LogP) is 1.73. The first-order valence-electron chi connectivity index (χ1n) is 10.3. The maximum absolute atomic E-state index is 13.3. The number of hydrogen-bond donors (Lipinski definition) is 1. The standard InChI is InChI=1S/C22H24N2O6/c1-5-10-11-8-13-19-22(15(11)20(25)29-4,16-18(10)24(13)30-21(16)26)12-6-9(27-2)7-14(28-3)17(12)23-19/h5-7,11,13,15-16,18,21,26H,8H2,1-4H3/t11-,13-,15-,16-,18+,21-,22-/m0/s1. The van der Waals surface area contributed by atoms with Gasteiger partial charge in [-0.2, -0.15) is 5.06 Å². The van der Waals surface area contributed by atoms with Crippen LogP contribution < -0.4 is 9.47 Å². The molecule has 3 saturated heterocycles. The van der Waals surface area contributed by atoms with E-state index in [4.69, 9.17) is 24.0 Å². The zero-order valence-corrected chi connectivity index (χ0v) is 17.3. The third-order valence-electron chi connectivity index (χ3n) is 7.83. The van der Waals surface area contributed by atoms with Crippen LogP contribution in [-0.4, -0.2) is 61.6 Å². The van der Waals surface area contributed by atoms with Crippen molar-refractivity contribution in [3.63, 3.8) is 0 Å². The maximum atomic E-state index is 13.3. The van der Waals surface area contributed by atoms with Crippen LogP contribution in [0.25, 0.3) is 0 Å². The van der Waals surface area contributed by atoms with Crippen LogP contribution in [0.1, 0.15) is 18.9 Å². The van der Waals surface area contributed by atoms with Crippen LogP contribution in [0.2, 0.25) is 0 Å². The summed E-state index contributed by atoms with van der Waals surface area (Å²) in [5, 5.41) is 13.0. The molecule has 4 heterocycles. The zero-order valence-electron chi connectivity index (χ0n) is 17.3. The van der Waals surface area contributed by atoms with E-state index in [2.05, 4.69) is 6.08 Å². The molecule has 1 spiro atoms. The van der Waals surface area contributed by atoms with E-state index in [1.807, 2.05) is 18.1 Å². The Balaban J connectivity index is 1.71. The summed E-state index contributed by atoms with van der Waals surface area (Å²) in [5.41, 5.74) is 2.74. The molecule has 4 aliphatic heterocycles. The molecule has 1 aromatic carbocycles. The van der Waals surface area contributed by atoms with Crippen LogP contribution in [0.5, 0.6) is 11.5 Å². The summed E-state index contributed by atoms with van der Waals surface area (Å²) >= 11 is 0. The zero-order chi connectivity index (χ0) is 20.9. The Morgan fingerprint density at radius 3 is 2.80 bits per heavy atom. The molecule has 8 heteroatoms. The topological polar surface area (TPSA) is 89.8 Å². The van der Waals surface area contributed by atoms with E-state index in [9.17, 15) is 9.90 Å². The monoisotopic (exact) mass is 412 g/mol. The van der Waals surface area contributed by atoms with Crippen molar-refractivity contribution in [2.24, 2.45) is 22.7 Å². The van der Waals surface area contributed by atoms with Crippen LogP contribution in [0.3, 0.4) is 0 Å². The van der Waals surface area contributed by atoms with Gasteiger partial charge in [0.15, 0.2) is 6.29 Å². The summed E-state index contributed by atoms with van der Waals surface area (Å²) < 4.78 is 16.5. The number of allylic oxidation sites excluding steroid dienone is 1. The molecule has 0 amide bonds. The number of esters is 1. The molecule has 8 nitrogen and oxygen atoms in total. The van der Waals surface area contributed by atoms with E-state index in [1.54, 1.807) is 20.3 Å². The summed E-state index contributed by atoms with van der Waals surface area (Å²) in [5.74, 6) is 0.0556. The van der Waals surface area contributed by atoms with Gasteiger partial charge in [0.2, 0.25) is 0 Å². The Hall–Kier alpha value is -2.42. The van der Waals surface area contributed by atoms with Crippen molar-refractivity contribution in [3.05, 3.63) is 29.3 Å². The minimum absolute atomic E-state index is 0.000876. The number of rotatable bonds is 3. The minimum Gasteiger partial charge on any atom is -0.497 e. The number of aliphatic hydroxyl groups is 1. The number of hydroxylamine groups is 2. The number of aliphatic imine (C=N–C) groups is 1. The second-order valence-electron chi connectivity index (χ2n) is 8.57. The highest BCUT2D eigenvalue weighted by Crippen LogP contribution is 2.70. The number of carbonyl (C=O) groups excluding carboxylic acids is 1. The van der Waals surface area contributed by atoms with Crippen molar-refractivity contribution >= 4 is 17.4 Å². The second-order valence-corrected chi connectivity index (χ2v) is 8.57. The number of hydrogen-bond acceptors (Lipinski definition) is 8. The number of nitrogens with zero attached hydrogens (tertiary/aromatic N) is 2. The number of piperidine rings is 2. The maximum Gasteiger partial charge on any atom is 0.310 e. The van der Waals surface area contributed by atoms with Gasteiger partial charge < -0.3 is 19.3 Å². The van der Waals surface area contributed by atoms with Crippen LogP contribution in [-0.2, 0) is 19.8 Å². The number of carbonyl (C=O) groups is 1. The Labute approximate surface area is 174 Å². The lowest BCUT2D eigenvalue weighted by Crippen LogP contribution is -2.75. The Bertz CT molecular complexity index is 1030. The van der Waals surface area contributed by atoms with Crippen molar-refractivity contribution in [1.82, 2.24) is 5.06 Å². The first-order chi connectivity index (χ1) is 14.5. The van der Waals surface area contributed by atoms with Crippen LogP contribution in [0, 0.1) is 17.8 Å². The summed E-state index contributed by atoms with van der Waals surface area (Å²) in [7, 11) is 4.62. The third-order valence-corrected chi connectivity index (χ3v) is 7.83. The summed E-state index contributed by atoms with van der Waals surface area (Å²) in [6.45, 7) is 1.99. The van der Waals surface area contributed by atoms with E-state index in [-0.39, 0.29) is 29.9 Å². The highest BCUT2D eigenvalue weighted by atomic mass is 16.8. The molecule has 6 aliphatic rings. The molecule has 0 radical (unpaired) electrons. The molecule has 1 unspecified atom stereocenters. The van der Waals surface area contributed by atoms with E-state index in [1.165, 1.54) is 7.11 Å². The highest BCUT2D eigenvalue weighted by molar-refractivity contribution is 6.11. The largest absolute Gasteiger partial charge is 0.497 e. The van der Waals surface area contributed by atoms with Gasteiger partial charge in [-0.3, -0.25) is 14.6 Å². The van der Waals surface area contributed by atoms with Gasteiger partial charge in [-0.05, 0) is 30.9 Å². The van der Waals surface area contributed by atoms with Gasteiger partial charge in [-0.15, -0.1) is 0 Å². The SMILES string of the molecule is CC=C1[C@@H]2[C@H]3[C@@H](O)ON2[C@H]2C[C@@H]1[C@@H](C(=O)OC)[C@]31C2=Nc2c(OC)cc(OC)cc21. The molecule has 2 aliphatic carbocycles. The Morgan fingerprint density at radius 2 is 2.13 bits per heavy atom. The fraction of sp³-hybridized carbons (Fsp3) is 0.545. The van der Waals surface area contributed by atoms with Gasteiger partial charge in [0.05, 0.1) is 50.5 Å². The number of ether oxygens (including phenoxy) is 3. The summed E-state index contributed by atoms with van der Waals surface area (Å²) in [6.07, 6.45) is 1.72. The Kier molecular flexibility index (Phi) is 3.57. The normalized spacial score (nSPS) is 42.8. The molecule has 6 bridgehead atoms. The average molecular weight is 412 g/mol. The fourth-order valence-corrected chi connectivity index (χ4v) is 6.98. The smallest absolute Gasteiger partial charge is 0.310 e. The molecule has 1 N–H and O–H groups in total. The number of fused-ring (bicyclic) bond motifs is 1. The van der Waals surface area contributed by atoms with Gasteiger partial charge in [0.25, 0.3) is 0 Å². The van der Waals surface area contributed by atoms with Gasteiger partial charge in [0.1, 0.15) is 17.2 Å². The van der Waals surface area contributed by atoms with E-state index < -0.39 is 17.6 Å². The van der Waals surface area contributed by atoms with E-state index >= 15 is 0 Å². The molecule has 0 aromatic heterocycles. The minimum atomic E-state index is -1.05. The number of aliphatic hydroxyl groups excluding tert-OH is 1. The molecule has 5 fully saturated rings. The molecular weight excluding hydrogens is 388 g/mol. The van der Waals surface area contributed by atoms with Gasteiger partial charge in [-0.25, -0.2) is 0 Å². The quantitative estimate of drug-likeness (QED) is 0.597. The lowest BCUT2D eigenvalue weighted by molar-refractivity contribution is -0.234. The fourth-order valence-electron chi connectivity index (χ4n) is 6.98. The molecule has 7 rings (SSSR count). The highest BCUT2D eigenvalue weighted by Gasteiger charge is 2.78. The third kappa shape index (κ3) is 1.76. The first-order valence-corrected chi connectivity index (χ1v) is 10.3. The van der Waals surface area contributed by atoms with Crippen LogP contribution >= 0.6 is 0 Å². The molecule has 30 heavy (non-hydrogen) atoms. The van der Waals surface area contributed by atoms with E-state index in [0.717, 1.165) is 16.8 Å². The lowest BCUT2D eigenvalue weighted by atomic mass is 9.42. The van der Waals surface area contributed by atoms with Crippen molar-refractivity contribution in [3.8, 4) is 11.5 Å². The molecule has 1 aromatic rings. The lowest BCUT2D eigenvalue weighted by Gasteiger charge is -2.63. The molecule has 8 atom stereocenters. The summed E-state index contributed by atoms with van der Waals surface area (Å²) in [6, 6.07) is 3.53. The van der Waals surface area contributed by atoms with Crippen molar-refractivity contribution < 1.29 is 28.9 Å². The van der Waals surface area contributed by atoms with Crippen LogP contribution in [0.15, 0.2) is 28.8 Å². The van der Waals surface area contributed by atoms with Crippen molar-refractivity contribution in [2.75, 3.05) is 21.3 Å². The molecule has 2 saturated carbocycles. The first kappa shape index (κ1) is 18.4. The van der Waals surface area contributed by atoms with E-state index in [0.29, 0.717) is 23.6 Å². The van der Waals surface area contributed by atoms with Crippen LogP contribution in [0.4, 0.5) is 5.69 Å². The molecule has 158 valence electrons. The van der Waals surface area contributed by atoms with Gasteiger partial charge in [-0.1, -0.05) is 11.6 Å². The van der Waals surface area contributed by atoms with Gasteiger partial charge >= 0.3 is 5.97 Å². The predicted molar refractivity (Wildman–Crippen MR) is 106 cm³/mol. The van der Waals surface area contributed by atoms with Crippen molar-refractivity contribution in [2.45, 2.75) is 37.1 Å². The van der Waals surface area contributed by atoms with Gasteiger partial charge in [0, 0.05) is 12.0 Å². The number of benzene rings is 1. The molecular formula is C22H24N2O6. The number of methoxy groups -OCH3 is 3. The second kappa shape index (κ2) is 5.84. The average Bonchev–Trinajstić information content (AvgIpc) is 3.27.